The van der Waals surface area contributed by atoms with Crippen molar-refractivity contribution in [2.24, 2.45) is 0 Å². The molecule has 194 valence electrons. The summed E-state index contributed by atoms with van der Waals surface area (Å²) in [5.74, 6) is -3.22. The summed E-state index contributed by atoms with van der Waals surface area (Å²) in [7, 11) is 0. The molecule has 10 heteroatoms. The monoisotopic (exact) mass is 528 g/mol. The van der Waals surface area contributed by atoms with Gasteiger partial charge in [0.1, 0.15) is 18.9 Å². The maximum Gasteiger partial charge on any atom is 0.322 e. The van der Waals surface area contributed by atoms with Crippen molar-refractivity contribution in [3.8, 4) is 16.9 Å². The summed E-state index contributed by atoms with van der Waals surface area (Å²) in [5.41, 5.74) is 2.89. The van der Waals surface area contributed by atoms with Crippen LogP contribution in [0, 0.1) is 11.6 Å². The minimum absolute atomic E-state index is 0.107. The van der Waals surface area contributed by atoms with Crippen LogP contribution in [0.15, 0.2) is 59.5 Å². The number of rotatable bonds is 11. The third-order valence-electron chi connectivity index (χ3n) is 5.47. The van der Waals surface area contributed by atoms with E-state index in [1.807, 2.05) is 0 Å². The van der Waals surface area contributed by atoms with E-state index in [0.29, 0.717) is 44.9 Å². The number of benzene rings is 3. The Balaban J connectivity index is 1.80. The topological polar surface area (TPSA) is 105 Å². The van der Waals surface area contributed by atoms with Crippen LogP contribution in [0.1, 0.15) is 28.4 Å². The summed E-state index contributed by atoms with van der Waals surface area (Å²) in [5, 5.41) is 13.9. The number of nitrogens with one attached hydrogen (secondary N) is 2. The van der Waals surface area contributed by atoms with Crippen LogP contribution in [-0.4, -0.2) is 42.2 Å². The third kappa shape index (κ3) is 7.53. The normalized spacial score (nSPS) is 10.6. The van der Waals surface area contributed by atoms with Crippen LogP contribution in [0.4, 0.5) is 8.78 Å². The first-order valence-electron chi connectivity index (χ1n) is 11.3. The fourth-order valence-corrected chi connectivity index (χ4v) is 4.33. The molecule has 0 saturated heterocycles. The van der Waals surface area contributed by atoms with E-state index in [0.717, 1.165) is 0 Å². The van der Waals surface area contributed by atoms with Crippen molar-refractivity contribution in [3.05, 3.63) is 82.9 Å². The molecule has 2 amide bonds. The van der Waals surface area contributed by atoms with Crippen molar-refractivity contribution in [2.75, 3.05) is 19.3 Å². The number of ether oxygens (including phenoxy) is 1. The van der Waals surface area contributed by atoms with Gasteiger partial charge in [-0.2, -0.15) is 0 Å². The molecule has 0 heterocycles. The second-order valence-corrected chi connectivity index (χ2v) is 8.88. The van der Waals surface area contributed by atoms with Gasteiger partial charge in [0.2, 0.25) is 5.91 Å². The van der Waals surface area contributed by atoms with Crippen LogP contribution in [0.2, 0.25) is 0 Å². The highest BCUT2D eigenvalue weighted by Gasteiger charge is 2.16. The van der Waals surface area contributed by atoms with E-state index in [-0.39, 0.29) is 19.1 Å². The molecule has 37 heavy (non-hydrogen) atoms. The third-order valence-corrected chi connectivity index (χ3v) is 6.25. The number of carboxylic acids is 1. The van der Waals surface area contributed by atoms with Gasteiger partial charge in [0.05, 0.1) is 0 Å². The lowest BCUT2D eigenvalue weighted by Gasteiger charge is -2.16. The zero-order chi connectivity index (χ0) is 26.9. The molecule has 0 aliphatic rings. The van der Waals surface area contributed by atoms with Crippen molar-refractivity contribution in [2.45, 2.75) is 24.8 Å². The van der Waals surface area contributed by atoms with Crippen LogP contribution < -0.4 is 15.4 Å². The predicted molar refractivity (Wildman–Crippen MR) is 137 cm³/mol. The average Bonchev–Trinajstić information content (AvgIpc) is 2.87. The number of carbonyl (C=O) groups is 3. The second kappa shape index (κ2) is 12.9. The first-order chi connectivity index (χ1) is 17.7. The Bertz CT molecular complexity index is 1300. The number of hydrogen-bond donors (Lipinski definition) is 3. The molecule has 0 spiro atoms. The van der Waals surface area contributed by atoms with E-state index >= 15 is 0 Å². The van der Waals surface area contributed by atoms with Crippen LogP contribution in [-0.2, 0) is 22.6 Å². The van der Waals surface area contributed by atoms with Gasteiger partial charge in [-0.1, -0.05) is 24.3 Å². The van der Waals surface area contributed by atoms with Gasteiger partial charge in [0.25, 0.3) is 5.91 Å². The molecule has 0 saturated carbocycles. The van der Waals surface area contributed by atoms with Crippen molar-refractivity contribution in [1.29, 1.82) is 0 Å². The molecule has 0 radical (unpaired) electrons. The lowest BCUT2D eigenvalue weighted by molar-refractivity contribution is -0.135. The number of halogens is 2. The van der Waals surface area contributed by atoms with Crippen LogP contribution in [0.25, 0.3) is 11.1 Å². The Morgan fingerprint density at radius 2 is 1.70 bits per heavy atom. The highest BCUT2D eigenvalue weighted by molar-refractivity contribution is 7.98. The average molecular weight is 529 g/mol. The highest BCUT2D eigenvalue weighted by Crippen LogP contribution is 2.33. The molecule has 0 aromatic heterocycles. The Kier molecular flexibility index (Phi) is 9.62. The van der Waals surface area contributed by atoms with Gasteiger partial charge in [0, 0.05) is 23.9 Å². The van der Waals surface area contributed by atoms with E-state index in [9.17, 15) is 23.2 Å². The molecule has 0 fully saturated rings. The molecule has 0 aliphatic heterocycles. The number of thioether (sulfide) groups is 1. The number of aliphatic carboxylic acids is 1. The molecule has 3 aromatic carbocycles. The van der Waals surface area contributed by atoms with Gasteiger partial charge in [-0.05, 0) is 65.3 Å². The minimum atomic E-state index is -1.16. The number of hydrogen-bond acceptors (Lipinski definition) is 5. The number of carboxylic acid groups (broad SMARTS) is 1. The minimum Gasteiger partial charge on any atom is -0.489 e. The van der Waals surface area contributed by atoms with E-state index in [4.69, 9.17) is 9.84 Å². The first kappa shape index (κ1) is 27.7. The van der Waals surface area contributed by atoms with Crippen molar-refractivity contribution < 1.29 is 33.0 Å². The molecular formula is C27H26F2N2O5S. The summed E-state index contributed by atoms with van der Waals surface area (Å²) < 4.78 is 33.4. The molecule has 0 unspecified atom stereocenters. The van der Waals surface area contributed by atoms with Gasteiger partial charge in [-0.3, -0.25) is 14.4 Å². The summed E-state index contributed by atoms with van der Waals surface area (Å²) in [4.78, 5) is 35.4. The molecule has 0 atom stereocenters. The fourth-order valence-electron chi connectivity index (χ4n) is 3.71. The number of amides is 2. The zero-order valence-electron chi connectivity index (χ0n) is 20.3. The van der Waals surface area contributed by atoms with E-state index < -0.39 is 30.1 Å². The van der Waals surface area contributed by atoms with Crippen LogP contribution >= 0.6 is 11.8 Å². The van der Waals surface area contributed by atoms with Crippen LogP contribution in [0.3, 0.4) is 0 Å². The van der Waals surface area contributed by atoms with Crippen molar-refractivity contribution in [1.82, 2.24) is 10.6 Å². The molecule has 7 nitrogen and oxygen atoms in total. The maximum atomic E-state index is 13.8. The van der Waals surface area contributed by atoms with Crippen LogP contribution in [0.5, 0.6) is 5.75 Å². The standard InChI is InChI=1S/C27H26F2N2O5S/c1-16(32)30-11-10-20-18(4-3-5-21(20)27(35)31-14-26(33)34)15-36-19-8-6-17(7-9-19)22-12-23(28)24(29)13-25(22)37-2/h3-9,12-13H,10-11,14-15H2,1-2H3,(H,30,32)(H,31,35)(H,33,34). The zero-order valence-corrected chi connectivity index (χ0v) is 21.1. The van der Waals surface area contributed by atoms with Crippen molar-refractivity contribution >= 4 is 29.5 Å². The lowest BCUT2D eigenvalue weighted by Crippen LogP contribution is -2.31. The fraction of sp³-hybridized carbons (Fsp3) is 0.222. The van der Waals surface area contributed by atoms with Gasteiger partial charge < -0.3 is 20.5 Å². The Morgan fingerprint density at radius 3 is 2.35 bits per heavy atom. The van der Waals surface area contributed by atoms with E-state index in [1.165, 1.54) is 30.8 Å². The van der Waals surface area contributed by atoms with Gasteiger partial charge >= 0.3 is 5.97 Å². The lowest BCUT2D eigenvalue weighted by atomic mass is 9.97. The highest BCUT2D eigenvalue weighted by atomic mass is 32.2. The largest absolute Gasteiger partial charge is 0.489 e. The summed E-state index contributed by atoms with van der Waals surface area (Å²) >= 11 is 1.31. The first-order valence-corrected chi connectivity index (χ1v) is 12.5. The maximum absolute atomic E-state index is 13.8. The second-order valence-electron chi connectivity index (χ2n) is 8.03. The van der Waals surface area contributed by atoms with E-state index in [2.05, 4.69) is 10.6 Å². The SMILES string of the molecule is CSc1cc(F)c(F)cc1-c1ccc(OCc2cccc(C(=O)NCC(=O)O)c2CCNC(C)=O)cc1. The summed E-state index contributed by atoms with van der Waals surface area (Å²) in [6.07, 6.45) is 2.12. The van der Waals surface area contributed by atoms with Gasteiger partial charge in [0.15, 0.2) is 11.6 Å². The Morgan fingerprint density at radius 1 is 1.00 bits per heavy atom. The molecule has 3 N–H and O–H groups in total. The number of carbonyl (C=O) groups excluding carboxylic acids is 2. The molecule has 3 aromatic rings. The summed E-state index contributed by atoms with van der Waals surface area (Å²) in [6.45, 7) is 1.26. The molecule has 0 aliphatic carbocycles. The molecular weight excluding hydrogens is 502 g/mol. The van der Waals surface area contributed by atoms with Gasteiger partial charge in [-0.15, -0.1) is 11.8 Å². The molecule has 0 bridgehead atoms. The predicted octanol–water partition coefficient (Wildman–Crippen LogP) is 4.43. The van der Waals surface area contributed by atoms with E-state index in [1.54, 1.807) is 48.7 Å². The smallest absolute Gasteiger partial charge is 0.322 e. The Labute approximate surface area is 217 Å². The summed E-state index contributed by atoms with van der Waals surface area (Å²) in [6, 6.07) is 14.3. The molecule has 3 rings (SSSR count). The van der Waals surface area contributed by atoms with Crippen molar-refractivity contribution in [3.63, 3.8) is 0 Å². The Hall–Kier alpha value is -3.92. The van der Waals surface area contributed by atoms with Gasteiger partial charge in [-0.25, -0.2) is 8.78 Å². The quantitative estimate of drug-likeness (QED) is 0.318.